The number of esters is 2. The van der Waals surface area contributed by atoms with E-state index in [9.17, 15) is 14.0 Å². The van der Waals surface area contributed by atoms with Gasteiger partial charge in [0.15, 0.2) is 6.61 Å². The molecule has 0 aliphatic carbocycles. The van der Waals surface area contributed by atoms with E-state index in [0.29, 0.717) is 16.8 Å². The summed E-state index contributed by atoms with van der Waals surface area (Å²) >= 11 is 0. The Morgan fingerprint density at radius 2 is 1.86 bits per heavy atom. The number of aromatic nitrogens is 1. The van der Waals surface area contributed by atoms with Crippen molar-refractivity contribution in [2.24, 2.45) is 0 Å². The summed E-state index contributed by atoms with van der Waals surface area (Å²) in [5.41, 5.74) is 1.97. The minimum atomic E-state index is -0.670. The maximum absolute atomic E-state index is 13.2. The minimum Gasteiger partial charge on any atom is -0.482 e. The van der Waals surface area contributed by atoms with Gasteiger partial charge in [-0.05, 0) is 37.6 Å². The molecule has 29 heavy (non-hydrogen) atoms. The monoisotopic (exact) mass is 397 g/mol. The summed E-state index contributed by atoms with van der Waals surface area (Å²) in [4.78, 5) is 29.0. The van der Waals surface area contributed by atoms with E-state index in [1.165, 1.54) is 24.3 Å². The van der Waals surface area contributed by atoms with Crippen molar-refractivity contribution in [2.45, 2.75) is 20.5 Å². The van der Waals surface area contributed by atoms with E-state index < -0.39 is 24.4 Å². The van der Waals surface area contributed by atoms with Gasteiger partial charge in [0.2, 0.25) is 0 Å². The molecule has 0 saturated heterocycles. The number of hydrogen-bond donors (Lipinski definition) is 0. The van der Waals surface area contributed by atoms with Gasteiger partial charge in [0.05, 0.1) is 23.4 Å². The van der Waals surface area contributed by atoms with Crippen LogP contribution >= 0.6 is 0 Å². The van der Waals surface area contributed by atoms with Crippen molar-refractivity contribution in [3.63, 3.8) is 0 Å². The highest BCUT2D eigenvalue weighted by Gasteiger charge is 2.21. The van der Waals surface area contributed by atoms with Gasteiger partial charge in [0.25, 0.3) is 0 Å². The highest BCUT2D eigenvalue weighted by atomic mass is 19.1. The summed E-state index contributed by atoms with van der Waals surface area (Å²) in [6.45, 7) is 3.11. The predicted octanol–water partition coefficient (Wildman–Crippen LogP) is 3.98. The van der Waals surface area contributed by atoms with E-state index in [1.54, 1.807) is 13.8 Å². The van der Waals surface area contributed by atoms with Crippen LogP contribution in [0.5, 0.6) is 5.75 Å². The number of benzene rings is 2. The van der Waals surface area contributed by atoms with E-state index in [0.717, 1.165) is 5.39 Å². The average Bonchev–Trinajstić information content (AvgIpc) is 2.71. The molecule has 0 amide bonds. The molecule has 3 aromatic rings. The largest absolute Gasteiger partial charge is 0.482 e. The molecule has 0 N–H and O–H groups in total. The van der Waals surface area contributed by atoms with Gasteiger partial charge in [0.1, 0.15) is 18.2 Å². The van der Waals surface area contributed by atoms with Crippen LogP contribution in [0, 0.1) is 12.7 Å². The molecule has 0 fully saturated rings. The Balaban J connectivity index is 1.76. The summed E-state index contributed by atoms with van der Waals surface area (Å²) in [5, 5.41) is 0.820. The van der Waals surface area contributed by atoms with Crippen molar-refractivity contribution in [1.29, 1.82) is 0 Å². The lowest BCUT2D eigenvalue weighted by molar-refractivity contribution is -0.147. The Kier molecular flexibility index (Phi) is 6.39. The Morgan fingerprint density at radius 1 is 1.07 bits per heavy atom. The third kappa shape index (κ3) is 4.87. The number of fused-ring (bicyclic) bond motifs is 1. The van der Waals surface area contributed by atoms with E-state index in [2.05, 4.69) is 4.98 Å². The molecule has 1 heterocycles. The second-order valence-electron chi connectivity index (χ2n) is 6.20. The number of nitrogens with zero attached hydrogens (tertiary/aromatic N) is 1. The molecule has 0 aliphatic rings. The number of carbonyl (C=O) groups excluding carboxylic acids is 2. The fourth-order valence-corrected chi connectivity index (χ4v) is 2.91. The molecule has 0 atom stereocenters. The lowest BCUT2D eigenvalue weighted by atomic mass is 10.0. The van der Waals surface area contributed by atoms with Gasteiger partial charge >= 0.3 is 11.9 Å². The minimum absolute atomic E-state index is 0.214. The quantitative estimate of drug-likeness (QED) is 0.562. The number of carbonyl (C=O) groups is 2. The van der Waals surface area contributed by atoms with Crippen LogP contribution in [0.4, 0.5) is 4.39 Å². The summed E-state index contributed by atoms with van der Waals surface area (Å²) < 4.78 is 28.7. The van der Waals surface area contributed by atoms with Gasteiger partial charge in [-0.3, -0.25) is 0 Å². The normalized spacial score (nSPS) is 10.6. The molecular weight excluding hydrogens is 377 g/mol. The van der Waals surface area contributed by atoms with Crippen molar-refractivity contribution in [1.82, 2.24) is 4.98 Å². The first-order valence-electron chi connectivity index (χ1n) is 9.09. The molecule has 0 spiro atoms. The maximum Gasteiger partial charge on any atom is 0.344 e. The van der Waals surface area contributed by atoms with Crippen molar-refractivity contribution in [3.8, 4) is 5.75 Å². The zero-order chi connectivity index (χ0) is 20.8. The average molecular weight is 397 g/mol. The maximum atomic E-state index is 13.2. The molecule has 0 bridgehead atoms. The first-order chi connectivity index (χ1) is 14.0. The first-order valence-corrected chi connectivity index (χ1v) is 9.09. The second kappa shape index (κ2) is 9.14. The van der Waals surface area contributed by atoms with Crippen molar-refractivity contribution in [2.75, 3.05) is 13.2 Å². The Morgan fingerprint density at radius 3 is 2.62 bits per heavy atom. The smallest absolute Gasteiger partial charge is 0.344 e. The van der Waals surface area contributed by atoms with Gasteiger partial charge in [-0.25, -0.2) is 19.0 Å². The predicted molar refractivity (Wildman–Crippen MR) is 104 cm³/mol. The Bertz CT molecular complexity index is 1050. The van der Waals surface area contributed by atoms with E-state index >= 15 is 0 Å². The number of para-hydroxylation sites is 1. The van der Waals surface area contributed by atoms with Crippen LogP contribution in [0.2, 0.25) is 0 Å². The number of halogens is 1. The molecule has 6 nitrogen and oxygen atoms in total. The molecule has 2 aromatic carbocycles. The first kappa shape index (κ1) is 20.3. The fourth-order valence-electron chi connectivity index (χ4n) is 2.91. The summed E-state index contributed by atoms with van der Waals surface area (Å²) in [5.74, 6) is -1.44. The number of pyridine rings is 1. The van der Waals surface area contributed by atoms with Crippen LogP contribution in [-0.2, 0) is 20.9 Å². The van der Waals surface area contributed by atoms with Crippen molar-refractivity contribution >= 4 is 22.8 Å². The van der Waals surface area contributed by atoms with Gasteiger partial charge < -0.3 is 14.2 Å². The molecule has 150 valence electrons. The van der Waals surface area contributed by atoms with Crippen LogP contribution < -0.4 is 4.74 Å². The van der Waals surface area contributed by atoms with Crippen LogP contribution in [-0.4, -0.2) is 30.1 Å². The topological polar surface area (TPSA) is 74.7 Å². The van der Waals surface area contributed by atoms with Crippen molar-refractivity contribution in [3.05, 3.63) is 71.2 Å². The van der Waals surface area contributed by atoms with Gasteiger partial charge in [-0.15, -0.1) is 0 Å². The lowest BCUT2D eigenvalue weighted by Crippen LogP contribution is -2.18. The van der Waals surface area contributed by atoms with Gasteiger partial charge in [0, 0.05) is 11.5 Å². The summed E-state index contributed by atoms with van der Waals surface area (Å²) in [6, 6.07) is 12.8. The zero-order valence-electron chi connectivity index (χ0n) is 16.1. The lowest BCUT2D eigenvalue weighted by Gasteiger charge is -2.14. The SMILES string of the molecule is CCOC(=O)c1c(COC(=O)COc2cccc(F)c2)nc2ccccc2c1C. The summed E-state index contributed by atoms with van der Waals surface area (Å²) in [6.07, 6.45) is 0. The van der Waals surface area contributed by atoms with Crippen LogP contribution in [0.15, 0.2) is 48.5 Å². The molecule has 0 unspecified atom stereocenters. The molecule has 7 heteroatoms. The van der Waals surface area contributed by atoms with E-state index in [-0.39, 0.29) is 24.5 Å². The number of rotatable bonds is 7. The second-order valence-corrected chi connectivity index (χ2v) is 6.20. The Hall–Kier alpha value is -3.48. The van der Waals surface area contributed by atoms with E-state index in [4.69, 9.17) is 14.2 Å². The standard InChI is InChI=1S/C22H20FNO5/c1-3-27-22(26)21-14(2)17-9-4-5-10-18(17)24-19(21)12-29-20(25)13-28-16-8-6-7-15(23)11-16/h4-11H,3,12-13H2,1-2H3. The number of hydrogen-bond acceptors (Lipinski definition) is 6. The molecule has 0 aliphatic heterocycles. The number of ether oxygens (including phenoxy) is 3. The van der Waals surface area contributed by atoms with Gasteiger partial charge in [-0.2, -0.15) is 0 Å². The molecule has 0 saturated carbocycles. The number of aryl methyl sites for hydroxylation is 1. The van der Waals surface area contributed by atoms with Crippen LogP contribution in [0.25, 0.3) is 10.9 Å². The zero-order valence-corrected chi connectivity index (χ0v) is 16.1. The van der Waals surface area contributed by atoms with E-state index in [1.807, 2.05) is 24.3 Å². The highest BCUT2D eigenvalue weighted by molar-refractivity contribution is 5.98. The van der Waals surface area contributed by atoms with Crippen LogP contribution in [0.1, 0.15) is 28.5 Å². The summed E-state index contributed by atoms with van der Waals surface area (Å²) in [7, 11) is 0. The third-order valence-electron chi connectivity index (χ3n) is 4.23. The van der Waals surface area contributed by atoms with Gasteiger partial charge in [-0.1, -0.05) is 24.3 Å². The molecule has 0 radical (unpaired) electrons. The third-order valence-corrected chi connectivity index (χ3v) is 4.23. The fraction of sp³-hybridized carbons (Fsp3) is 0.227. The Labute approximate surface area is 167 Å². The molecular formula is C22H20FNO5. The molecule has 3 rings (SSSR count). The van der Waals surface area contributed by atoms with Crippen molar-refractivity contribution < 1.29 is 28.2 Å². The highest BCUT2D eigenvalue weighted by Crippen LogP contribution is 2.24. The molecule has 1 aromatic heterocycles. The van der Waals surface area contributed by atoms with Crippen LogP contribution in [0.3, 0.4) is 0 Å².